The number of rotatable bonds is 5. The van der Waals surface area contributed by atoms with E-state index in [0.29, 0.717) is 30.4 Å². The third-order valence-corrected chi connectivity index (χ3v) is 6.21. The first-order chi connectivity index (χ1) is 10.8. The molecule has 1 amide bonds. The molecule has 4 heteroatoms. The first kappa shape index (κ1) is 14.9. The van der Waals surface area contributed by atoms with Gasteiger partial charge in [0.25, 0.3) is 0 Å². The molecule has 0 aromatic rings. The summed E-state index contributed by atoms with van der Waals surface area (Å²) in [6.07, 6.45) is 10.9. The maximum absolute atomic E-state index is 12.3. The fraction of sp³-hybridized carbons (Fsp3) is 0.944. The molecule has 2 saturated heterocycles. The van der Waals surface area contributed by atoms with Crippen molar-refractivity contribution in [2.24, 2.45) is 11.8 Å². The van der Waals surface area contributed by atoms with Crippen LogP contribution in [0.15, 0.2) is 0 Å². The highest BCUT2D eigenvalue weighted by Gasteiger charge is 2.43. The van der Waals surface area contributed by atoms with Crippen LogP contribution in [0.5, 0.6) is 0 Å². The Balaban J connectivity index is 1.28. The van der Waals surface area contributed by atoms with Crippen molar-refractivity contribution in [2.45, 2.75) is 76.0 Å². The van der Waals surface area contributed by atoms with Gasteiger partial charge < -0.3 is 10.1 Å². The molecule has 2 saturated carbocycles. The molecule has 0 aromatic carbocycles. The van der Waals surface area contributed by atoms with E-state index in [2.05, 4.69) is 10.2 Å². The van der Waals surface area contributed by atoms with Crippen LogP contribution >= 0.6 is 0 Å². The molecule has 4 fully saturated rings. The van der Waals surface area contributed by atoms with E-state index in [0.717, 1.165) is 31.9 Å². The summed E-state index contributed by atoms with van der Waals surface area (Å²) in [5.41, 5.74) is 0. The number of nitrogens with zero attached hydrogens (tertiary/aromatic N) is 1. The van der Waals surface area contributed by atoms with Crippen molar-refractivity contribution in [1.82, 2.24) is 10.2 Å². The molecule has 4 nitrogen and oxygen atoms in total. The molecule has 22 heavy (non-hydrogen) atoms. The van der Waals surface area contributed by atoms with Gasteiger partial charge in [-0.05, 0) is 56.8 Å². The molecule has 4 rings (SSSR count). The average Bonchev–Trinajstić information content (AvgIpc) is 3.21. The lowest BCUT2D eigenvalue weighted by molar-refractivity contribution is -0.124. The van der Waals surface area contributed by atoms with Gasteiger partial charge in [0.1, 0.15) is 0 Å². The van der Waals surface area contributed by atoms with E-state index in [1.165, 1.54) is 45.2 Å². The predicted octanol–water partition coefficient (Wildman–Crippen LogP) is 2.32. The lowest BCUT2D eigenvalue weighted by atomic mass is 9.73. The van der Waals surface area contributed by atoms with Crippen molar-refractivity contribution < 1.29 is 9.53 Å². The van der Waals surface area contributed by atoms with Crippen LogP contribution in [0.25, 0.3) is 0 Å². The summed E-state index contributed by atoms with van der Waals surface area (Å²) in [6.45, 7) is 3.33. The number of carbonyl (C=O) groups excluding carboxylic acids is 1. The Morgan fingerprint density at radius 3 is 2.45 bits per heavy atom. The first-order valence-corrected chi connectivity index (χ1v) is 9.44. The number of hydrogen-bond donors (Lipinski definition) is 1. The Morgan fingerprint density at radius 2 is 1.82 bits per heavy atom. The zero-order valence-electron chi connectivity index (χ0n) is 13.6. The molecular weight excluding hydrogens is 276 g/mol. The molecule has 1 N–H and O–H groups in total. The standard InChI is InChI=1S/C18H30N2O2/c21-17(9-8-16-5-2-10-22-16)19-18-13-3-1-4-14(18)12-20(11-13)15-6-7-15/h13-16,18H,1-12H2,(H,19,21)/t13-,14-,16-/m0/s1. The Labute approximate surface area is 134 Å². The summed E-state index contributed by atoms with van der Waals surface area (Å²) < 4.78 is 5.63. The summed E-state index contributed by atoms with van der Waals surface area (Å²) in [7, 11) is 0. The second kappa shape index (κ2) is 6.48. The van der Waals surface area contributed by atoms with Gasteiger partial charge in [0.2, 0.25) is 5.91 Å². The molecule has 124 valence electrons. The lowest BCUT2D eigenvalue weighted by Gasteiger charge is -2.47. The number of amides is 1. The highest BCUT2D eigenvalue weighted by molar-refractivity contribution is 5.76. The van der Waals surface area contributed by atoms with Gasteiger partial charge in [-0.3, -0.25) is 9.69 Å². The van der Waals surface area contributed by atoms with E-state index in [1.54, 1.807) is 0 Å². The first-order valence-electron chi connectivity index (χ1n) is 9.44. The molecule has 0 aromatic heterocycles. The van der Waals surface area contributed by atoms with E-state index in [-0.39, 0.29) is 5.91 Å². The van der Waals surface area contributed by atoms with E-state index in [1.807, 2.05) is 0 Å². The van der Waals surface area contributed by atoms with Gasteiger partial charge in [-0.15, -0.1) is 0 Å². The number of nitrogens with one attached hydrogen (secondary N) is 1. The maximum atomic E-state index is 12.3. The van der Waals surface area contributed by atoms with Crippen molar-refractivity contribution in [2.75, 3.05) is 19.7 Å². The Morgan fingerprint density at radius 1 is 1.05 bits per heavy atom. The molecule has 2 aliphatic carbocycles. The normalized spacial score (nSPS) is 38.9. The molecule has 0 spiro atoms. The van der Waals surface area contributed by atoms with Crippen molar-refractivity contribution in [1.29, 1.82) is 0 Å². The van der Waals surface area contributed by atoms with Gasteiger partial charge in [0.15, 0.2) is 0 Å². The summed E-state index contributed by atoms with van der Waals surface area (Å²) in [5.74, 6) is 1.65. The van der Waals surface area contributed by atoms with Gasteiger partial charge in [-0.2, -0.15) is 0 Å². The number of hydrogen-bond acceptors (Lipinski definition) is 3. The van der Waals surface area contributed by atoms with E-state index < -0.39 is 0 Å². The Hall–Kier alpha value is -0.610. The number of carbonyl (C=O) groups is 1. The van der Waals surface area contributed by atoms with Crippen LogP contribution in [0, 0.1) is 11.8 Å². The van der Waals surface area contributed by atoms with Crippen molar-refractivity contribution in [3.8, 4) is 0 Å². The summed E-state index contributed by atoms with van der Waals surface area (Å²) >= 11 is 0. The fourth-order valence-corrected chi connectivity index (χ4v) is 4.87. The molecule has 0 radical (unpaired) electrons. The zero-order valence-corrected chi connectivity index (χ0v) is 13.6. The molecule has 2 heterocycles. The SMILES string of the molecule is O=C(CC[C@@H]1CCCO1)NC1[C@H]2CCC[C@H]1CN(C1CC1)C2. The second-order valence-corrected chi connectivity index (χ2v) is 7.90. The minimum atomic E-state index is 0.261. The summed E-state index contributed by atoms with van der Waals surface area (Å²) in [4.78, 5) is 15.1. The van der Waals surface area contributed by atoms with Gasteiger partial charge >= 0.3 is 0 Å². The summed E-state index contributed by atoms with van der Waals surface area (Å²) in [6, 6.07) is 1.32. The molecule has 4 aliphatic rings. The van der Waals surface area contributed by atoms with Crippen LogP contribution in [0.3, 0.4) is 0 Å². The van der Waals surface area contributed by atoms with Crippen LogP contribution < -0.4 is 5.32 Å². The monoisotopic (exact) mass is 306 g/mol. The molecule has 0 unspecified atom stereocenters. The number of fused-ring (bicyclic) bond motifs is 2. The maximum Gasteiger partial charge on any atom is 0.220 e. The number of likely N-dealkylation sites (tertiary alicyclic amines) is 1. The van der Waals surface area contributed by atoms with Crippen molar-refractivity contribution in [3.05, 3.63) is 0 Å². The molecule has 2 bridgehead atoms. The second-order valence-electron chi connectivity index (χ2n) is 7.90. The molecular formula is C18H30N2O2. The van der Waals surface area contributed by atoms with Gasteiger partial charge in [-0.25, -0.2) is 0 Å². The highest BCUT2D eigenvalue weighted by Crippen LogP contribution is 2.39. The lowest BCUT2D eigenvalue weighted by Crippen LogP contribution is -2.58. The van der Waals surface area contributed by atoms with Gasteiger partial charge in [0.05, 0.1) is 6.10 Å². The smallest absolute Gasteiger partial charge is 0.220 e. The topological polar surface area (TPSA) is 41.6 Å². The Kier molecular flexibility index (Phi) is 4.40. The quantitative estimate of drug-likeness (QED) is 0.847. The largest absolute Gasteiger partial charge is 0.378 e. The van der Waals surface area contributed by atoms with Crippen LogP contribution in [-0.2, 0) is 9.53 Å². The predicted molar refractivity (Wildman–Crippen MR) is 85.6 cm³/mol. The third-order valence-electron chi connectivity index (χ3n) is 6.21. The van der Waals surface area contributed by atoms with Crippen molar-refractivity contribution in [3.63, 3.8) is 0 Å². The van der Waals surface area contributed by atoms with E-state index in [9.17, 15) is 4.79 Å². The van der Waals surface area contributed by atoms with Crippen LogP contribution in [0.4, 0.5) is 0 Å². The average molecular weight is 306 g/mol. The molecule has 2 aliphatic heterocycles. The zero-order chi connectivity index (χ0) is 14.9. The van der Waals surface area contributed by atoms with Gasteiger partial charge in [0, 0.05) is 38.2 Å². The Bertz CT molecular complexity index is 390. The number of ether oxygens (including phenoxy) is 1. The summed E-state index contributed by atoms with van der Waals surface area (Å²) in [5, 5.41) is 3.40. The third kappa shape index (κ3) is 3.33. The van der Waals surface area contributed by atoms with Crippen LogP contribution in [0.1, 0.15) is 57.8 Å². The van der Waals surface area contributed by atoms with Gasteiger partial charge in [-0.1, -0.05) is 6.42 Å². The van der Waals surface area contributed by atoms with Crippen LogP contribution in [-0.4, -0.2) is 48.7 Å². The molecule has 3 atom stereocenters. The van der Waals surface area contributed by atoms with Crippen LogP contribution in [0.2, 0.25) is 0 Å². The minimum absolute atomic E-state index is 0.261. The minimum Gasteiger partial charge on any atom is -0.378 e. The number of piperidine rings is 1. The highest BCUT2D eigenvalue weighted by atomic mass is 16.5. The fourth-order valence-electron chi connectivity index (χ4n) is 4.87. The van der Waals surface area contributed by atoms with Crippen molar-refractivity contribution >= 4 is 5.91 Å². The van der Waals surface area contributed by atoms with E-state index in [4.69, 9.17) is 4.74 Å². The van der Waals surface area contributed by atoms with E-state index >= 15 is 0 Å².